The number of methoxy groups -OCH3 is 1. The molecule has 1 amide bonds. The first-order chi connectivity index (χ1) is 20.3. The van der Waals surface area contributed by atoms with Gasteiger partial charge < -0.3 is 33.7 Å². The van der Waals surface area contributed by atoms with Crippen molar-refractivity contribution in [2.45, 2.75) is 51.5 Å². The maximum Gasteiger partial charge on any atom is 0.332 e. The van der Waals surface area contributed by atoms with Crippen LogP contribution in [0.2, 0.25) is 0 Å². The van der Waals surface area contributed by atoms with E-state index in [9.17, 15) is 14.4 Å². The van der Waals surface area contributed by atoms with Gasteiger partial charge in [0.05, 0.1) is 19.1 Å². The van der Waals surface area contributed by atoms with E-state index in [-0.39, 0.29) is 37.0 Å². The zero-order chi connectivity index (χ0) is 29.6. The summed E-state index contributed by atoms with van der Waals surface area (Å²) in [5, 5.41) is 2.63. The van der Waals surface area contributed by atoms with Crippen LogP contribution in [-0.4, -0.2) is 55.0 Å². The van der Waals surface area contributed by atoms with Crippen molar-refractivity contribution in [3.8, 4) is 23.0 Å². The summed E-state index contributed by atoms with van der Waals surface area (Å²) >= 11 is 0. The zero-order valence-corrected chi connectivity index (χ0v) is 23.5. The van der Waals surface area contributed by atoms with E-state index in [1.165, 1.54) is 20.2 Å². The number of aromatic nitrogens is 1. The third-order valence-electron chi connectivity index (χ3n) is 7.03. The maximum atomic E-state index is 13.5. The Morgan fingerprint density at radius 3 is 2.55 bits per heavy atom. The van der Waals surface area contributed by atoms with Gasteiger partial charge in [-0.1, -0.05) is 36.4 Å². The Labute approximate surface area is 243 Å². The lowest BCUT2D eigenvalue weighted by Crippen LogP contribution is -2.50. The number of nitrogens with one attached hydrogen (secondary N) is 1. The quantitative estimate of drug-likeness (QED) is 0.397. The second kappa shape index (κ2) is 12.8. The highest BCUT2D eigenvalue weighted by Crippen LogP contribution is 2.34. The molecule has 11 heteroatoms. The van der Waals surface area contributed by atoms with Crippen molar-refractivity contribution >= 4 is 17.8 Å². The van der Waals surface area contributed by atoms with Crippen LogP contribution >= 0.6 is 0 Å². The fourth-order valence-corrected chi connectivity index (χ4v) is 4.89. The number of ether oxygens (including phenoxy) is 6. The largest absolute Gasteiger partial charge is 0.493 e. The number of fused-ring (bicyclic) bond motifs is 1. The van der Waals surface area contributed by atoms with E-state index in [1.54, 1.807) is 25.1 Å². The van der Waals surface area contributed by atoms with E-state index in [0.717, 1.165) is 11.1 Å². The topological polar surface area (TPSA) is 132 Å². The average Bonchev–Trinajstić information content (AvgIpc) is 3.46. The van der Waals surface area contributed by atoms with E-state index in [4.69, 9.17) is 28.4 Å². The third kappa shape index (κ3) is 6.56. The van der Waals surface area contributed by atoms with Crippen molar-refractivity contribution < 1.29 is 42.8 Å². The Kier molecular flexibility index (Phi) is 8.75. The Balaban J connectivity index is 1.32. The molecule has 3 heterocycles. The minimum absolute atomic E-state index is 0.0682. The molecule has 220 valence electrons. The van der Waals surface area contributed by atoms with Gasteiger partial charge >= 0.3 is 11.9 Å². The maximum absolute atomic E-state index is 13.5. The summed E-state index contributed by atoms with van der Waals surface area (Å²) < 4.78 is 33.5. The molecule has 1 saturated heterocycles. The zero-order valence-electron chi connectivity index (χ0n) is 23.5. The summed E-state index contributed by atoms with van der Waals surface area (Å²) in [5.41, 5.74) is 1.61. The van der Waals surface area contributed by atoms with Gasteiger partial charge in [-0.3, -0.25) is 9.59 Å². The fraction of sp³-hybridized carbons (Fsp3) is 0.355. The van der Waals surface area contributed by atoms with Crippen LogP contribution in [0.25, 0.3) is 0 Å². The third-order valence-corrected chi connectivity index (χ3v) is 7.03. The second-order valence-electron chi connectivity index (χ2n) is 10.1. The summed E-state index contributed by atoms with van der Waals surface area (Å²) in [4.78, 5) is 44.0. The molecule has 3 aromatic rings. The first-order valence-corrected chi connectivity index (χ1v) is 13.6. The molecule has 11 nitrogen and oxygen atoms in total. The molecule has 1 N–H and O–H groups in total. The van der Waals surface area contributed by atoms with E-state index in [2.05, 4.69) is 10.3 Å². The van der Waals surface area contributed by atoms with Gasteiger partial charge in [0.15, 0.2) is 34.7 Å². The van der Waals surface area contributed by atoms with Crippen LogP contribution in [0, 0.1) is 5.92 Å². The van der Waals surface area contributed by atoms with Crippen molar-refractivity contribution in [2.75, 3.05) is 13.9 Å². The van der Waals surface area contributed by atoms with Gasteiger partial charge in [0.2, 0.25) is 6.79 Å². The van der Waals surface area contributed by atoms with Crippen LogP contribution in [0.3, 0.4) is 0 Å². The molecule has 2 aromatic carbocycles. The number of esters is 2. The lowest BCUT2D eigenvalue weighted by atomic mass is 9.94. The molecule has 1 aromatic heterocycles. The highest BCUT2D eigenvalue weighted by atomic mass is 16.7. The SMILES string of the molecule is COc1ccnc(C(=O)N[C@@H]2C(=O)O[C@@H](C)C[C@H](Cc3ccccc3)C(=O)OC2C)c1OCc1ccc2c(c1)OCO2. The van der Waals surface area contributed by atoms with Crippen LogP contribution in [0.15, 0.2) is 60.8 Å². The molecular formula is C31H32N2O9. The fourth-order valence-electron chi connectivity index (χ4n) is 4.89. The van der Waals surface area contributed by atoms with E-state index < -0.39 is 42.0 Å². The molecule has 1 fully saturated rings. The predicted molar refractivity (Wildman–Crippen MR) is 148 cm³/mol. The molecule has 4 atom stereocenters. The lowest BCUT2D eigenvalue weighted by Gasteiger charge is -2.24. The first-order valence-electron chi connectivity index (χ1n) is 13.6. The molecule has 42 heavy (non-hydrogen) atoms. The standard InChI is InChI=1S/C31H32N2O9/c1-18-13-22(14-20-7-5-4-6-8-20)30(35)42-19(2)26(31(36)41-18)33-29(34)27-28(24(37-3)11-12-32-27)38-16-21-9-10-23-25(15-21)40-17-39-23/h4-12,15,18-19,22,26H,13-14,16-17H2,1-3H3,(H,33,34)/t18-,19?,22+,26-/m0/s1. The average molecular weight is 577 g/mol. The number of cyclic esters (lactones) is 2. The van der Waals surface area contributed by atoms with E-state index in [0.29, 0.717) is 17.9 Å². The predicted octanol–water partition coefficient (Wildman–Crippen LogP) is 3.62. The Morgan fingerprint density at radius 2 is 1.76 bits per heavy atom. The molecule has 5 rings (SSSR count). The van der Waals surface area contributed by atoms with Gasteiger partial charge in [0.1, 0.15) is 12.7 Å². The Morgan fingerprint density at radius 1 is 0.976 bits per heavy atom. The smallest absolute Gasteiger partial charge is 0.332 e. The molecule has 0 radical (unpaired) electrons. The van der Waals surface area contributed by atoms with Gasteiger partial charge in [0.25, 0.3) is 5.91 Å². The minimum Gasteiger partial charge on any atom is -0.493 e. The van der Waals surface area contributed by atoms with Gasteiger partial charge in [-0.15, -0.1) is 0 Å². The number of hydrogen-bond donors (Lipinski definition) is 1. The number of nitrogens with zero attached hydrogens (tertiary/aromatic N) is 1. The van der Waals surface area contributed by atoms with Crippen LogP contribution < -0.4 is 24.3 Å². The van der Waals surface area contributed by atoms with Gasteiger partial charge in [0, 0.05) is 12.3 Å². The molecule has 1 unspecified atom stereocenters. The van der Waals surface area contributed by atoms with Crippen molar-refractivity contribution in [2.24, 2.45) is 5.92 Å². The number of rotatable bonds is 8. The minimum atomic E-state index is -1.28. The molecule has 2 aliphatic heterocycles. The number of carbonyl (C=O) groups excluding carboxylic acids is 3. The molecule has 0 bridgehead atoms. The number of amides is 1. The van der Waals surface area contributed by atoms with Crippen LogP contribution in [0.4, 0.5) is 0 Å². The first kappa shape index (κ1) is 28.7. The molecule has 0 spiro atoms. The van der Waals surface area contributed by atoms with Crippen molar-refractivity contribution in [3.05, 3.63) is 77.6 Å². The number of hydrogen-bond acceptors (Lipinski definition) is 10. The monoisotopic (exact) mass is 576 g/mol. The Hall–Kier alpha value is -4.80. The number of pyridine rings is 1. The molecule has 0 aliphatic carbocycles. The lowest BCUT2D eigenvalue weighted by molar-refractivity contribution is -0.157. The van der Waals surface area contributed by atoms with Gasteiger partial charge in [-0.05, 0) is 49.9 Å². The Bertz CT molecular complexity index is 1450. The van der Waals surface area contributed by atoms with Crippen molar-refractivity contribution in [1.82, 2.24) is 10.3 Å². The van der Waals surface area contributed by atoms with Gasteiger partial charge in [-0.25, -0.2) is 9.78 Å². The summed E-state index contributed by atoms with van der Waals surface area (Å²) in [5.74, 6) is -0.872. The van der Waals surface area contributed by atoms with E-state index in [1.807, 2.05) is 36.4 Å². The summed E-state index contributed by atoms with van der Waals surface area (Å²) in [7, 11) is 1.44. The van der Waals surface area contributed by atoms with Crippen LogP contribution in [0.5, 0.6) is 23.0 Å². The van der Waals surface area contributed by atoms with E-state index >= 15 is 0 Å². The van der Waals surface area contributed by atoms with Crippen molar-refractivity contribution in [1.29, 1.82) is 0 Å². The van der Waals surface area contributed by atoms with Crippen LogP contribution in [-0.2, 0) is 32.1 Å². The van der Waals surface area contributed by atoms with Crippen LogP contribution in [0.1, 0.15) is 41.9 Å². The summed E-state index contributed by atoms with van der Waals surface area (Å²) in [6.45, 7) is 3.46. The highest BCUT2D eigenvalue weighted by molar-refractivity contribution is 5.98. The molecular weight excluding hydrogens is 544 g/mol. The molecule has 2 aliphatic rings. The number of carbonyl (C=O) groups is 3. The second-order valence-corrected chi connectivity index (χ2v) is 10.1. The summed E-state index contributed by atoms with van der Waals surface area (Å²) in [6.07, 6.45) is 0.508. The normalized spacial score (nSPS) is 21.7. The summed E-state index contributed by atoms with van der Waals surface area (Å²) in [6, 6.07) is 15.2. The molecule has 0 saturated carbocycles. The van der Waals surface area contributed by atoms with Crippen molar-refractivity contribution in [3.63, 3.8) is 0 Å². The highest BCUT2D eigenvalue weighted by Gasteiger charge is 2.38. The number of benzene rings is 2. The van der Waals surface area contributed by atoms with Gasteiger partial charge in [-0.2, -0.15) is 0 Å².